The van der Waals surface area contributed by atoms with Crippen LogP contribution in [0.15, 0.2) is 66.7 Å². The Morgan fingerprint density at radius 1 is 1.04 bits per heavy atom. The Bertz CT molecular complexity index is 1030. The molecule has 0 bridgehead atoms. The summed E-state index contributed by atoms with van der Waals surface area (Å²) in [4.78, 5) is 35.3. The van der Waals surface area contributed by atoms with E-state index in [1.165, 1.54) is 19.2 Å². The molecule has 7 nitrogen and oxygen atoms in total. The molecule has 0 aliphatic carbocycles. The van der Waals surface area contributed by atoms with Crippen LogP contribution in [0.25, 0.3) is 10.8 Å². The number of fused-ring (bicyclic) bond motifs is 1. The quantitative estimate of drug-likeness (QED) is 0.403. The number of carbonyl (C=O) groups is 2. The predicted octanol–water partition coefficient (Wildman–Crippen LogP) is 3.26. The standard InChI is InChI=1S/C21H18N2O5/c1-28-21(25)19(13-14-9-11-16(12-10-14)23(26)27)22-20(24)18-8-4-6-15-5-2-3-7-17(15)18/h2-12,19H,13H2,1H3,(H,22,24). The molecule has 3 aromatic carbocycles. The van der Waals surface area contributed by atoms with Gasteiger partial charge in [0.1, 0.15) is 6.04 Å². The number of nitro groups is 1. The highest BCUT2D eigenvalue weighted by atomic mass is 16.6. The van der Waals surface area contributed by atoms with Crippen molar-refractivity contribution in [2.45, 2.75) is 12.5 Å². The van der Waals surface area contributed by atoms with Crippen molar-refractivity contribution >= 4 is 28.3 Å². The molecular formula is C21H18N2O5. The van der Waals surface area contributed by atoms with E-state index >= 15 is 0 Å². The van der Waals surface area contributed by atoms with Crippen molar-refractivity contribution < 1.29 is 19.2 Å². The van der Waals surface area contributed by atoms with Crippen LogP contribution in [-0.4, -0.2) is 30.0 Å². The fourth-order valence-electron chi connectivity index (χ4n) is 2.98. The zero-order chi connectivity index (χ0) is 20.1. The Morgan fingerprint density at radius 2 is 1.71 bits per heavy atom. The summed E-state index contributed by atoms with van der Waals surface area (Å²) in [5.41, 5.74) is 1.08. The number of hydrogen-bond acceptors (Lipinski definition) is 5. The van der Waals surface area contributed by atoms with Crippen LogP contribution in [0.3, 0.4) is 0 Å². The van der Waals surface area contributed by atoms with Gasteiger partial charge in [0.2, 0.25) is 0 Å². The lowest BCUT2D eigenvalue weighted by Gasteiger charge is -2.17. The predicted molar refractivity (Wildman–Crippen MR) is 104 cm³/mol. The number of methoxy groups -OCH3 is 1. The van der Waals surface area contributed by atoms with Crippen LogP contribution in [0.4, 0.5) is 5.69 Å². The second-order valence-electron chi connectivity index (χ2n) is 6.20. The van der Waals surface area contributed by atoms with E-state index in [-0.39, 0.29) is 12.1 Å². The maximum Gasteiger partial charge on any atom is 0.328 e. The van der Waals surface area contributed by atoms with E-state index in [0.717, 1.165) is 10.8 Å². The highest BCUT2D eigenvalue weighted by Gasteiger charge is 2.23. The van der Waals surface area contributed by atoms with Gasteiger partial charge < -0.3 is 10.1 Å². The van der Waals surface area contributed by atoms with Crippen LogP contribution >= 0.6 is 0 Å². The van der Waals surface area contributed by atoms with Gasteiger partial charge in [-0.25, -0.2) is 4.79 Å². The van der Waals surface area contributed by atoms with Gasteiger partial charge in [-0.3, -0.25) is 14.9 Å². The van der Waals surface area contributed by atoms with Crippen molar-refractivity contribution in [1.82, 2.24) is 5.32 Å². The molecule has 28 heavy (non-hydrogen) atoms. The van der Waals surface area contributed by atoms with E-state index in [1.54, 1.807) is 24.3 Å². The minimum Gasteiger partial charge on any atom is -0.467 e. The number of esters is 1. The number of benzene rings is 3. The lowest BCUT2D eigenvalue weighted by molar-refractivity contribution is -0.384. The van der Waals surface area contributed by atoms with Gasteiger partial charge in [0.15, 0.2) is 0 Å². The van der Waals surface area contributed by atoms with Crippen LogP contribution in [0.5, 0.6) is 0 Å². The first-order valence-corrected chi connectivity index (χ1v) is 8.59. The van der Waals surface area contributed by atoms with E-state index in [9.17, 15) is 19.7 Å². The first kappa shape index (κ1) is 19.0. The molecule has 0 saturated heterocycles. The average Bonchev–Trinajstić information content (AvgIpc) is 2.72. The molecule has 7 heteroatoms. The topological polar surface area (TPSA) is 98.5 Å². The van der Waals surface area contributed by atoms with Crippen LogP contribution in [0, 0.1) is 10.1 Å². The molecule has 0 fully saturated rings. The zero-order valence-electron chi connectivity index (χ0n) is 15.1. The number of nitro benzene ring substituents is 1. The number of ether oxygens (including phenoxy) is 1. The maximum absolute atomic E-state index is 12.8. The first-order valence-electron chi connectivity index (χ1n) is 8.59. The van der Waals surface area contributed by atoms with Gasteiger partial charge >= 0.3 is 5.97 Å². The van der Waals surface area contributed by atoms with E-state index in [1.807, 2.05) is 30.3 Å². The normalized spacial score (nSPS) is 11.6. The molecule has 0 heterocycles. The number of nitrogens with one attached hydrogen (secondary N) is 1. The fraction of sp³-hybridized carbons (Fsp3) is 0.143. The molecule has 1 atom stereocenters. The van der Waals surface area contributed by atoms with Gasteiger partial charge in [-0.1, -0.05) is 48.5 Å². The van der Waals surface area contributed by atoms with Crippen molar-refractivity contribution in [1.29, 1.82) is 0 Å². The van der Waals surface area contributed by atoms with Gasteiger partial charge in [0.25, 0.3) is 11.6 Å². The SMILES string of the molecule is COC(=O)C(Cc1ccc([N+](=O)[O-])cc1)NC(=O)c1cccc2ccccc12. The van der Waals surface area contributed by atoms with Crippen molar-refractivity contribution in [2.24, 2.45) is 0 Å². The summed E-state index contributed by atoms with van der Waals surface area (Å²) in [5, 5.41) is 15.2. The lowest BCUT2D eigenvalue weighted by Crippen LogP contribution is -2.43. The molecule has 0 aliphatic rings. The third-order valence-electron chi connectivity index (χ3n) is 4.41. The average molecular weight is 378 g/mol. The molecule has 0 aromatic heterocycles. The van der Waals surface area contributed by atoms with E-state index in [0.29, 0.717) is 11.1 Å². The summed E-state index contributed by atoms with van der Waals surface area (Å²) < 4.78 is 4.81. The Labute approximate surface area is 161 Å². The van der Waals surface area contributed by atoms with Crippen molar-refractivity contribution in [3.05, 3.63) is 88.0 Å². The third-order valence-corrected chi connectivity index (χ3v) is 4.41. The molecule has 3 aromatic rings. The number of non-ortho nitro benzene ring substituents is 1. The number of rotatable bonds is 6. The number of amides is 1. The fourth-order valence-corrected chi connectivity index (χ4v) is 2.98. The largest absolute Gasteiger partial charge is 0.467 e. The minimum absolute atomic E-state index is 0.0434. The van der Waals surface area contributed by atoms with Gasteiger partial charge in [-0.2, -0.15) is 0 Å². The number of hydrogen-bond donors (Lipinski definition) is 1. The summed E-state index contributed by atoms with van der Waals surface area (Å²) >= 11 is 0. The second kappa shape index (κ2) is 8.30. The van der Waals surface area contributed by atoms with Crippen LogP contribution in [0.2, 0.25) is 0 Å². The summed E-state index contributed by atoms with van der Waals surface area (Å²) in [6.07, 6.45) is 0.154. The van der Waals surface area contributed by atoms with Gasteiger partial charge in [-0.05, 0) is 22.4 Å². The van der Waals surface area contributed by atoms with Crippen molar-refractivity contribution in [3.8, 4) is 0 Å². The zero-order valence-corrected chi connectivity index (χ0v) is 15.1. The van der Waals surface area contributed by atoms with E-state index in [2.05, 4.69) is 5.32 Å². The molecule has 0 spiro atoms. The molecule has 0 saturated carbocycles. The monoisotopic (exact) mass is 378 g/mol. The van der Waals surface area contributed by atoms with Gasteiger partial charge in [0, 0.05) is 24.1 Å². The summed E-state index contributed by atoms with van der Waals surface area (Å²) in [6, 6.07) is 17.7. The van der Waals surface area contributed by atoms with Crippen molar-refractivity contribution in [3.63, 3.8) is 0 Å². The Kier molecular flexibility index (Phi) is 5.64. The molecular weight excluding hydrogens is 360 g/mol. The smallest absolute Gasteiger partial charge is 0.328 e. The minimum atomic E-state index is -0.919. The first-order chi connectivity index (χ1) is 13.5. The van der Waals surface area contributed by atoms with Gasteiger partial charge in [0.05, 0.1) is 12.0 Å². The number of nitrogens with zero attached hydrogens (tertiary/aromatic N) is 1. The Balaban J connectivity index is 1.83. The maximum atomic E-state index is 12.8. The van der Waals surface area contributed by atoms with E-state index in [4.69, 9.17) is 4.74 Å². The Morgan fingerprint density at radius 3 is 2.39 bits per heavy atom. The lowest BCUT2D eigenvalue weighted by atomic mass is 10.0. The third kappa shape index (κ3) is 4.15. The van der Waals surface area contributed by atoms with Crippen LogP contribution < -0.4 is 5.32 Å². The number of carbonyl (C=O) groups excluding carboxylic acids is 2. The molecule has 0 radical (unpaired) electrons. The van der Waals surface area contributed by atoms with Gasteiger partial charge in [-0.15, -0.1) is 0 Å². The molecule has 0 aliphatic heterocycles. The van der Waals surface area contributed by atoms with Crippen LogP contribution in [0.1, 0.15) is 15.9 Å². The highest BCUT2D eigenvalue weighted by Crippen LogP contribution is 2.19. The summed E-state index contributed by atoms with van der Waals surface area (Å²) in [6.45, 7) is 0. The molecule has 1 unspecified atom stereocenters. The second-order valence-corrected chi connectivity index (χ2v) is 6.20. The molecule has 3 rings (SSSR count). The van der Waals surface area contributed by atoms with E-state index < -0.39 is 22.8 Å². The molecule has 1 amide bonds. The Hall–Kier alpha value is -3.74. The molecule has 1 N–H and O–H groups in total. The summed E-state index contributed by atoms with van der Waals surface area (Å²) in [5.74, 6) is -0.985. The van der Waals surface area contributed by atoms with Crippen molar-refractivity contribution in [2.75, 3.05) is 7.11 Å². The highest BCUT2D eigenvalue weighted by molar-refractivity contribution is 6.08. The molecule has 142 valence electrons. The van der Waals surface area contributed by atoms with Crippen LogP contribution in [-0.2, 0) is 16.0 Å². The summed E-state index contributed by atoms with van der Waals surface area (Å²) in [7, 11) is 1.25.